The Morgan fingerprint density at radius 1 is 1.26 bits per heavy atom. The number of non-ortho nitro benzene ring substituents is 1. The molecule has 0 spiro atoms. The van der Waals surface area contributed by atoms with E-state index in [1.54, 1.807) is 19.1 Å². The van der Waals surface area contributed by atoms with Gasteiger partial charge in [-0.1, -0.05) is 12.1 Å². The van der Waals surface area contributed by atoms with Crippen molar-refractivity contribution < 1.29 is 18.8 Å². The summed E-state index contributed by atoms with van der Waals surface area (Å²) in [4.78, 5) is 21.7. The molecule has 0 saturated heterocycles. The first kappa shape index (κ1) is 16.4. The molecule has 0 fully saturated rings. The Morgan fingerprint density at radius 2 is 1.96 bits per heavy atom. The van der Waals surface area contributed by atoms with E-state index in [0.29, 0.717) is 16.9 Å². The van der Waals surface area contributed by atoms with Crippen molar-refractivity contribution in [3.63, 3.8) is 0 Å². The minimum absolute atomic E-state index is 0.0526. The van der Waals surface area contributed by atoms with Crippen molar-refractivity contribution in [3.8, 4) is 5.75 Å². The lowest BCUT2D eigenvalue weighted by atomic mass is 10.1. The molecule has 1 amide bonds. The first-order valence-corrected chi connectivity index (χ1v) is 6.84. The van der Waals surface area contributed by atoms with E-state index in [-0.39, 0.29) is 30.6 Å². The zero-order chi connectivity index (χ0) is 16.8. The second kappa shape index (κ2) is 7.35. The number of aryl methyl sites for hydroxylation is 1. The van der Waals surface area contributed by atoms with Crippen molar-refractivity contribution in [2.24, 2.45) is 0 Å². The van der Waals surface area contributed by atoms with Crippen LogP contribution in [0.25, 0.3) is 0 Å². The molecule has 0 aliphatic heterocycles. The maximum absolute atomic E-state index is 13.4. The van der Waals surface area contributed by atoms with Gasteiger partial charge in [0.2, 0.25) is 0 Å². The van der Waals surface area contributed by atoms with E-state index in [9.17, 15) is 19.3 Å². The van der Waals surface area contributed by atoms with Gasteiger partial charge in [-0.15, -0.1) is 0 Å². The lowest BCUT2D eigenvalue weighted by Gasteiger charge is -2.08. The van der Waals surface area contributed by atoms with E-state index in [4.69, 9.17) is 4.74 Å². The first-order valence-electron chi connectivity index (χ1n) is 6.84. The number of hydrogen-bond donors (Lipinski definition) is 1. The van der Waals surface area contributed by atoms with Crippen molar-refractivity contribution >= 4 is 11.6 Å². The van der Waals surface area contributed by atoms with Crippen LogP contribution in [0.3, 0.4) is 0 Å². The molecule has 0 aromatic heterocycles. The maximum atomic E-state index is 13.4. The van der Waals surface area contributed by atoms with Crippen LogP contribution in [0.2, 0.25) is 0 Å². The van der Waals surface area contributed by atoms with Crippen LogP contribution in [0.4, 0.5) is 10.1 Å². The quantitative estimate of drug-likeness (QED) is 0.656. The zero-order valence-corrected chi connectivity index (χ0v) is 12.4. The zero-order valence-electron chi connectivity index (χ0n) is 12.4. The molecule has 7 heteroatoms. The smallest absolute Gasteiger partial charge is 0.269 e. The third-order valence-corrected chi connectivity index (χ3v) is 3.14. The molecular formula is C16H15FN2O4. The Kier molecular flexibility index (Phi) is 5.24. The van der Waals surface area contributed by atoms with Gasteiger partial charge in [0.15, 0.2) is 6.61 Å². The van der Waals surface area contributed by atoms with E-state index >= 15 is 0 Å². The number of amides is 1. The minimum Gasteiger partial charge on any atom is -0.484 e. The van der Waals surface area contributed by atoms with E-state index in [2.05, 4.69) is 5.32 Å². The lowest BCUT2D eigenvalue weighted by Crippen LogP contribution is -2.28. The number of benzene rings is 2. The van der Waals surface area contributed by atoms with Gasteiger partial charge in [0, 0.05) is 18.7 Å². The standard InChI is InChI=1S/C16H15FN2O4/c1-11-2-3-12(8-15(11)17)9-18-16(20)10-23-14-6-4-13(5-7-14)19(21)22/h2-8H,9-10H2,1H3,(H,18,20). The summed E-state index contributed by atoms with van der Waals surface area (Å²) in [6, 6.07) is 10.2. The molecule has 2 rings (SSSR count). The minimum atomic E-state index is -0.517. The fourth-order valence-electron chi connectivity index (χ4n) is 1.81. The summed E-state index contributed by atoms with van der Waals surface area (Å²) < 4.78 is 18.6. The first-order chi connectivity index (χ1) is 11.0. The van der Waals surface area contributed by atoms with Crippen LogP contribution in [0, 0.1) is 22.9 Å². The van der Waals surface area contributed by atoms with Gasteiger partial charge in [-0.3, -0.25) is 14.9 Å². The van der Waals surface area contributed by atoms with Crippen molar-refractivity contribution in [2.45, 2.75) is 13.5 Å². The van der Waals surface area contributed by atoms with Crippen molar-refractivity contribution in [1.29, 1.82) is 0 Å². The summed E-state index contributed by atoms with van der Waals surface area (Å²) in [6.07, 6.45) is 0. The van der Waals surface area contributed by atoms with Crippen molar-refractivity contribution in [2.75, 3.05) is 6.61 Å². The van der Waals surface area contributed by atoms with Crippen LogP contribution in [0.1, 0.15) is 11.1 Å². The number of nitro benzene ring substituents is 1. The van der Waals surface area contributed by atoms with Gasteiger partial charge >= 0.3 is 0 Å². The lowest BCUT2D eigenvalue weighted by molar-refractivity contribution is -0.384. The largest absolute Gasteiger partial charge is 0.484 e. The molecule has 0 heterocycles. The van der Waals surface area contributed by atoms with Crippen LogP contribution < -0.4 is 10.1 Å². The predicted molar refractivity (Wildman–Crippen MR) is 81.6 cm³/mol. The van der Waals surface area contributed by atoms with Crippen LogP contribution in [-0.2, 0) is 11.3 Å². The molecule has 0 unspecified atom stereocenters. The number of carbonyl (C=O) groups excluding carboxylic acids is 1. The molecule has 0 bridgehead atoms. The highest BCUT2D eigenvalue weighted by molar-refractivity contribution is 5.77. The fraction of sp³-hybridized carbons (Fsp3) is 0.188. The van der Waals surface area contributed by atoms with Gasteiger partial charge in [-0.05, 0) is 36.2 Å². The summed E-state index contributed by atoms with van der Waals surface area (Å²) >= 11 is 0. The monoisotopic (exact) mass is 318 g/mol. The average Bonchev–Trinajstić information content (AvgIpc) is 2.54. The number of nitro groups is 1. The topological polar surface area (TPSA) is 81.5 Å². The molecule has 2 aromatic rings. The Morgan fingerprint density at radius 3 is 2.57 bits per heavy atom. The molecule has 0 aliphatic carbocycles. The number of ether oxygens (including phenoxy) is 1. The molecule has 0 atom stereocenters. The SMILES string of the molecule is Cc1ccc(CNC(=O)COc2ccc([N+](=O)[O-])cc2)cc1F. The number of nitrogens with one attached hydrogen (secondary N) is 1. The number of halogens is 1. The molecule has 0 aliphatic rings. The molecule has 0 radical (unpaired) electrons. The summed E-state index contributed by atoms with van der Waals surface area (Å²) in [7, 11) is 0. The molecule has 23 heavy (non-hydrogen) atoms. The number of hydrogen-bond acceptors (Lipinski definition) is 4. The average molecular weight is 318 g/mol. The Hall–Kier alpha value is -2.96. The fourth-order valence-corrected chi connectivity index (χ4v) is 1.81. The van der Waals surface area contributed by atoms with Crippen LogP contribution in [0.5, 0.6) is 5.75 Å². The van der Waals surface area contributed by atoms with Crippen LogP contribution in [0.15, 0.2) is 42.5 Å². The Balaban J connectivity index is 1.80. The number of carbonyl (C=O) groups is 1. The third-order valence-electron chi connectivity index (χ3n) is 3.14. The third kappa shape index (κ3) is 4.77. The molecule has 120 valence electrons. The summed E-state index contributed by atoms with van der Waals surface area (Å²) in [5.74, 6) is -0.338. The van der Waals surface area contributed by atoms with Gasteiger partial charge < -0.3 is 10.1 Å². The highest BCUT2D eigenvalue weighted by Crippen LogP contribution is 2.17. The highest BCUT2D eigenvalue weighted by Gasteiger charge is 2.07. The van der Waals surface area contributed by atoms with E-state index < -0.39 is 4.92 Å². The van der Waals surface area contributed by atoms with Gasteiger partial charge in [0.25, 0.3) is 11.6 Å². The second-order valence-electron chi connectivity index (χ2n) is 4.90. The molecular weight excluding hydrogens is 303 g/mol. The van der Waals surface area contributed by atoms with E-state index in [1.807, 2.05) is 0 Å². The number of nitrogens with zero attached hydrogens (tertiary/aromatic N) is 1. The van der Waals surface area contributed by atoms with Gasteiger partial charge in [-0.25, -0.2) is 4.39 Å². The molecule has 2 aromatic carbocycles. The number of rotatable bonds is 6. The van der Waals surface area contributed by atoms with E-state index in [0.717, 1.165) is 0 Å². The van der Waals surface area contributed by atoms with Crippen LogP contribution >= 0.6 is 0 Å². The van der Waals surface area contributed by atoms with Crippen molar-refractivity contribution in [3.05, 3.63) is 69.5 Å². The van der Waals surface area contributed by atoms with E-state index in [1.165, 1.54) is 30.3 Å². The Labute approximate surface area is 132 Å². The van der Waals surface area contributed by atoms with Crippen LogP contribution in [-0.4, -0.2) is 17.4 Å². The van der Waals surface area contributed by atoms with Gasteiger partial charge in [0.05, 0.1) is 4.92 Å². The van der Waals surface area contributed by atoms with Gasteiger partial charge in [-0.2, -0.15) is 0 Å². The maximum Gasteiger partial charge on any atom is 0.269 e. The summed E-state index contributed by atoms with van der Waals surface area (Å²) in [5, 5.41) is 13.1. The Bertz CT molecular complexity index is 717. The molecule has 0 saturated carbocycles. The second-order valence-corrected chi connectivity index (χ2v) is 4.90. The van der Waals surface area contributed by atoms with Gasteiger partial charge in [0.1, 0.15) is 11.6 Å². The summed E-state index contributed by atoms with van der Waals surface area (Å²) in [6.45, 7) is 1.63. The molecule has 6 nitrogen and oxygen atoms in total. The highest BCUT2D eigenvalue weighted by atomic mass is 19.1. The van der Waals surface area contributed by atoms with Crippen molar-refractivity contribution in [1.82, 2.24) is 5.32 Å². The summed E-state index contributed by atoms with van der Waals surface area (Å²) in [5.41, 5.74) is 1.14. The normalized spacial score (nSPS) is 10.2. The molecule has 1 N–H and O–H groups in total. The predicted octanol–water partition coefficient (Wildman–Crippen LogP) is 2.74.